The highest BCUT2D eigenvalue weighted by Gasteiger charge is 2.27. The van der Waals surface area contributed by atoms with Crippen LogP contribution in [0.2, 0.25) is 5.15 Å². The molecule has 1 N–H and O–H groups in total. The Morgan fingerprint density at radius 2 is 2.19 bits per heavy atom. The van der Waals surface area contributed by atoms with Crippen LogP contribution in [0.5, 0.6) is 0 Å². The highest BCUT2D eigenvalue weighted by Crippen LogP contribution is 2.27. The lowest BCUT2D eigenvalue weighted by atomic mass is 9.82. The minimum absolute atomic E-state index is 0.0753. The average Bonchev–Trinajstić information content (AvgIpc) is 2.19. The number of rotatable bonds is 4. The van der Waals surface area contributed by atoms with Crippen LogP contribution in [0.15, 0.2) is 12.1 Å². The Labute approximate surface area is 100 Å². The molecule has 88 valence electrons. The summed E-state index contributed by atoms with van der Waals surface area (Å²) in [7, 11) is 2.06. The standard InChI is InChI=1S/C11H16ClN3O/c1-15(6-8-4-10(16)5-8)7-9-2-3-11(12)14-13-9/h2-3,8,10,16H,4-7H2,1H3. The maximum Gasteiger partial charge on any atom is 0.151 e. The SMILES string of the molecule is CN(Cc1ccc(Cl)nn1)CC1CC(O)C1. The number of aliphatic hydroxyl groups is 1. The second-order valence-corrected chi connectivity index (χ2v) is 4.92. The Bertz CT molecular complexity index is 338. The summed E-state index contributed by atoms with van der Waals surface area (Å²) in [5.74, 6) is 0.625. The molecule has 1 aliphatic rings. The van der Waals surface area contributed by atoms with E-state index in [0.29, 0.717) is 11.1 Å². The van der Waals surface area contributed by atoms with Gasteiger partial charge in [-0.05, 0) is 37.9 Å². The third kappa shape index (κ3) is 3.14. The Hall–Kier alpha value is -0.710. The van der Waals surface area contributed by atoms with Gasteiger partial charge in [0.05, 0.1) is 11.8 Å². The normalized spacial score (nSPS) is 24.5. The van der Waals surface area contributed by atoms with Gasteiger partial charge in [-0.2, -0.15) is 5.10 Å². The predicted molar refractivity (Wildman–Crippen MR) is 62.1 cm³/mol. The van der Waals surface area contributed by atoms with Crippen molar-refractivity contribution in [2.75, 3.05) is 13.6 Å². The molecule has 1 fully saturated rings. The van der Waals surface area contributed by atoms with Crippen molar-refractivity contribution in [2.45, 2.75) is 25.5 Å². The van der Waals surface area contributed by atoms with E-state index in [1.807, 2.05) is 6.07 Å². The molecule has 0 aliphatic heterocycles. The van der Waals surface area contributed by atoms with E-state index in [4.69, 9.17) is 11.6 Å². The van der Waals surface area contributed by atoms with Crippen molar-refractivity contribution >= 4 is 11.6 Å². The van der Waals surface area contributed by atoms with Crippen molar-refractivity contribution in [3.8, 4) is 0 Å². The summed E-state index contributed by atoms with van der Waals surface area (Å²) in [5.41, 5.74) is 0.923. The minimum Gasteiger partial charge on any atom is -0.393 e. The topological polar surface area (TPSA) is 49.2 Å². The molecule has 16 heavy (non-hydrogen) atoms. The van der Waals surface area contributed by atoms with Crippen molar-refractivity contribution in [3.63, 3.8) is 0 Å². The molecule has 0 radical (unpaired) electrons. The van der Waals surface area contributed by atoms with Crippen molar-refractivity contribution in [1.82, 2.24) is 15.1 Å². The van der Waals surface area contributed by atoms with Gasteiger partial charge in [-0.25, -0.2) is 0 Å². The van der Waals surface area contributed by atoms with E-state index in [0.717, 1.165) is 31.6 Å². The van der Waals surface area contributed by atoms with E-state index in [9.17, 15) is 5.11 Å². The second-order valence-electron chi connectivity index (χ2n) is 4.54. The van der Waals surface area contributed by atoms with Gasteiger partial charge in [0.15, 0.2) is 5.15 Å². The fraction of sp³-hybridized carbons (Fsp3) is 0.636. The lowest BCUT2D eigenvalue weighted by Crippen LogP contribution is -2.36. The summed E-state index contributed by atoms with van der Waals surface area (Å²) in [6.45, 7) is 1.78. The molecular formula is C11H16ClN3O. The maximum atomic E-state index is 9.20. The quantitative estimate of drug-likeness (QED) is 0.864. The first kappa shape index (κ1) is 11.8. The van der Waals surface area contributed by atoms with Gasteiger partial charge in [0, 0.05) is 13.1 Å². The van der Waals surface area contributed by atoms with Crippen LogP contribution in [-0.4, -0.2) is 39.9 Å². The average molecular weight is 242 g/mol. The summed E-state index contributed by atoms with van der Waals surface area (Å²) in [5, 5.41) is 17.4. The second kappa shape index (κ2) is 5.08. The van der Waals surface area contributed by atoms with E-state index >= 15 is 0 Å². The highest BCUT2D eigenvalue weighted by atomic mass is 35.5. The van der Waals surface area contributed by atoms with Gasteiger partial charge in [0.1, 0.15) is 0 Å². The first-order chi connectivity index (χ1) is 7.63. The number of aliphatic hydroxyl groups excluding tert-OH is 1. The fourth-order valence-corrected chi connectivity index (χ4v) is 2.16. The number of hydrogen-bond acceptors (Lipinski definition) is 4. The van der Waals surface area contributed by atoms with Crippen LogP contribution in [-0.2, 0) is 6.54 Å². The first-order valence-electron chi connectivity index (χ1n) is 5.48. The Morgan fingerprint density at radius 3 is 2.75 bits per heavy atom. The highest BCUT2D eigenvalue weighted by molar-refractivity contribution is 6.29. The van der Waals surface area contributed by atoms with Gasteiger partial charge in [0.2, 0.25) is 0 Å². The number of nitrogens with zero attached hydrogens (tertiary/aromatic N) is 3. The van der Waals surface area contributed by atoms with Crippen LogP contribution in [0.4, 0.5) is 0 Å². The predicted octanol–water partition coefficient (Wildman–Crippen LogP) is 1.33. The van der Waals surface area contributed by atoms with E-state index in [1.54, 1.807) is 6.07 Å². The lowest BCUT2D eigenvalue weighted by Gasteiger charge is -2.34. The Balaban J connectivity index is 1.78. The molecule has 0 bridgehead atoms. The van der Waals surface area contributed by atoms with Gasteiger partial charge < -0.3 is 10.0 Å². The molecule has 0 unspecified atom stereocenters. The van der Waals surface area contributed by atoms with E-state index in [-0.39, 0.29) is 6.10 Å². The molecular weight excluding hydrogens is 226 g/mol. The molecule has 2 rings (SSSR count). The van der Waals surface area contributed by atoms with E-state index < -0.39 is 0 Å². The molecule has 0 spiro atoms. The molecule has 0 amide bonds. The van der Waals surface area contributed by atoms with Gasteiger partial charge in [-0.15, -0.1) is 5.10 Å². The third-order valence-electron chi connectivity index (χ3n) is 2.90. The molecule has 1 aromatic rings. The van der Waals surface area contributed by atoms with Crippen LogP contribution in [0, 0.1) is 5.92 Å². The third-order valence-corrected chi connectivity index (χ3v) is 3.10. The van der Waals surface area contributed by atoms with Gasteiger partial charge in [-0.1, -0.05) is 11.6 Å². The summed E-state index contributed by atoms with van der Waals surface area (Å²) in [6.07, 6.45) is 1.78. The van der Waals surface area contributed by atoms with Gasteiger partial charge >= 0.3 is 0 Å². The maximum absolute atomic E-state index is 9.20. The summed E-state index contributed by atoms with van der Waals surface area (Å²) < 4.78 is 0. The lowest BCUT2D eigenvalue weighted by molar-refractivity contribution is 0.0272. The fourth-order valence-electron chi connectivity index (χ4n) is 2.06. The smallest absolute Gasteiger partial charge is 0.151 e. The molecule has 1 saturated carbocycles. The molecule has 1 heterocycles. The van der Waals surface area contributed by atoms with Crippen molar-refractivity contribution in [3.05, 3.63) is 23.0 Å². The molecule has 0 saturated heterocycles. The molecule has 4 nitrogen and oxygen atoms in total. The Morgan fingerprint density at radius 1 is 1.44 bits per heavy atom. The first-order valence-corrected chi connectivity index (χ1v) is 5.86. The van der Waals surface area contributed by atoms with Crippen molar-refractivity contribution in [2.24, 2.45) is 5.92 Å². The Kier molecular flexibility index (Phi) is 3.74. The zero-order valence-corrected chi connectivity index (χ0v) is 10.1. The minimum atomic E-state index is -0.0753. The number of aromatic nitrogens is 2. The molecule has 0 atom stereocenters. The molecule has 5 heteroatoms. The van der Waals surface area contributed by atoms with Crippen LogP contribution in [0.3, 0.4) is 0 Å². The summed E-state index contributed by atoms with van der Waals surface area (Å²) in [6, 6.07) is 3.65. The largest absolute Gasteiger partial charge is 0.393 e. The number of hydrogen-bond donors (Lipinski definition) is 1. The van der Waals surface area contributed by atoms with Gasteiger partial charge in [-0.3, -0.25) is 0 Å². The summed E-state index contributed by atoms with van der Waals surface area (Å²) in [4.78, 5) is 2.20. The zero-order valence-electron chi connectivity index (χ0n) is 9.30. The van der Waals surface area contributed by atoms with Crippen LogP contribution >= 0.6 is 11.6 Å². The van der Waals surface area contributed by atoms with Gasteiger partial charge in [0.25, 0.3) is 0 Å². The monoisotopic (exact) mass is 241 g/mol. The van der Waals surface area contributed by atoms with E-state index in [1.165, 1.54) is 0 Å². The van der Waals surface area contributed by atoms with Crippen molar-refractivity contribution in [1.29, 1.82) is 0 Å². The molecule has 1 aliphatic carbocycles. The van der Waals surface area contributed by atoms with Crippen molar-refractivity contribution < 1.29 is 5.11 Å². The van der Waals surface area contributed by atoms with E-state index in [2.05, 4.69) is 22.1 Å². The summed E-state index contributed by atoms with van der Waals surface area (Å²) >= 11 is 5.67. The van der Waals surface area contributed by atoms with Crippen LogP contribution in [0.25, 0.3) is 0 Å². The van der Waals surface area contributed by atoms with Crippen LogP contribution < -0.4 is 0 Å². The molecule has 0 aromatic carbocycles. The van der Waals surface area contributed by atoms with Crippen LogP contribution in [0.1, 0.15) is 18.5 Å². The zero-order chi connectivity index (χ0) is 11.5. The number of halogens is 1. The molecule has 1 aromatic heterocycles.